The van der Waals surface area contributed by atoms with Gasteiger partial charge in [-0.1, -0.05) is 11.8 Å². The Morgan fingerprint density at radius 1 is 1.59 bits per heavy atom. The predicted molar refractivity (Wildman–Crippen MR) is 61.3 cm³/mol. The van der Waals surface area contributed by atoms with Crippen LogP contribution in [0.5, 0.6) is 0 Å². The molecule has 1 atom stereocenters. The average molecular weight is 253 g/mol. The highest BCUT2D eigenvalue weighted by atomic mass is 32.2. The van der Waals surface area contributed by atoms with Crippen molar-refractivity contribution in [2.24, 2.45) is 11.7 Å². The molecule has 0 aromatic carbocycles. The zero-order valence-corrected chi connectivity index (χ0v) is 9.98. The summed E-state index contributed by atoms with van der Waals surface area (Å²) in [6, 6.07) is 0. The van der Waals surface area contributed by atoms with Crippen LogP contribution in [-0.2, 0) is 9.59 Å². The molecule has 2 amide bonds. The number of thioether (sulfide) groups is 1. The van der Waals surface area contributed by atoms with Crippen LogP contribution in [0.25, 0.3) is 0 Å². The van der Waals surface area contributed by atoms with Crippen molar-refractivity contribution in [3.63, 3.8) is 0 Å². The van der Waals surface area contributed by atoms with E-state index < -0.39 is 11.8 Å². The number of amides is 2. The molecule has 0 radical (unpaired) electrons. The molecule has 1 aromatic heterocycles. The average Bonchev–Trinajstić information content (AvgIpc) is 2.72. The number of rotatable bonds is 3. The molecule has 0 bridgehead atoms. The molecular formula is C9H11N5O2S. The molecule has 1 unspecified atom stereocenters. The van der Waals surface area contributed by atoms with Crippen LogP contribution in [0.4, 0.5) is 5.95 Å². The summed E-state index contributed by atoms with van der Waals surface area (Å²) >= 11 is 1.36. The fourth-order valence-electron chi connectivity index (χ4n) is 1.59. The van der Waals surface area contributed by atoms with Gasteiger partial charge in [0.05, 0.1) is 5.92 Å². The molecule has 0 saturated carbocycles. The second-order valence-electron chi connectivity index (χ2n) is 3.58. The van der Waals surface area contributed by atoms with E-state index in [4.69, 9.17) is 5.73 Å². The van der Waals surface area contributed by atoms with Crippen molar-refractivity contribution in [2.45, 2.75) is 11.6 Å². The minimum Gasteiger partial charge on any atom is -0.369 e. The van der Waals surface area contributed by atoms with E-state index >= 15 is 0 Å². The van der Waals surface area contributed by atoms with E-state index in [9.17, 15) is 9.59 Å². The number of anilines is 1. The second-order valence-corrected chi connectivity index (χ2v) is 4.35. The van der Waals surface area contributed by atoms with Gasteiger partial charge in [-0.15, -0.1) is 0 Å². The molecule has 7 nitrogen and oxygen atoms in total. The Hall–Kier alpha value is -1.70. The fourth-order valence-corrected chi connectivity index (χ4v) is 1.92. The summed E-state index contributed by atoms with van der Waals surface area (Å²) in [6.45, 7) is 0.242. The number of aromatic nitrogens is 3. The maximum absolute atomic E-state index is 11.7. The lowest BCUT2D eigenvalue weighted by atomic mass is 10.1. The van der Waals surface area contributed by atoms with E-state index in [0.717, 1.165) is 0 Å². The fraction of sp³-hybridized carbons (Fsp3) is 0.444. The SMILES string of the molecule is CSc1ncnc(N2CC(C(N)=O)CC2=O)n1. The molecule has 8 heteroatoms. The maximum atomic E-state index is 11.7. The van der Waals surface area contributed by atoms with Crippen molar-refractivity contribution in [3.8, 4) is 0 Å². The van der Waals surface area contributed by atoms with Gasteiger partial charge in [-0.2, -0.15) is 4.98 Å². The summed E-state index contributed by atoms with van der Waals surface area (Å²) < 4.78 is 0. The first-order chi connectivity index (χ1) is 8.11. The highest BCUT2D eigenvalue weighted by Gasteiger charge is 2.35. The third-order valence-electron chi connectivity index (χ3n) is 2.49. The van der Waals surface area contributed by atoms with Crippen molar-refractivity contribution in [2.75, 3.05) is 17.7 Å². The number of carbonyl (C=O) groups excluding carboxylic acids is 2. The van der Waals surface area contributed by atoms with E-state index in [1.54, 1.807) is 0 Å². The summed E-state index contributed by atoms with van der Waals surface area (Å²) in [5.74, 6) is -0.845. The third kappa shape index (κ3) is 2.36. The Morgan fingerprint density at radius 2 is 2.35 bits per heavy atom. The van der Waals surface area contributed by atoms with E-state index in [1.165, 1.54) is 23.0 Å². The topological polar surface area (TPSA) is 102 Å². The summed E-state index contributed by atoms with van der Waals surface area (Å²) in [5.41, 5.74) is 5.18. The quantitative estimate of drug-likeness (QED) is 0.724. The van der Waals surface area contributed by atoms with Crippen LogP contribution in [0.1, 0.15) is 6.42 Å². The molecule has 1 saturated heterocycles. The molecular weight excluding hydrogens is 242 g/mol. The lowest BCUT2D eigenvalue weighted by Gasteiger charge is -2.13. The first-order valence-corrected chi connectivity index (χ1v) is 6.17. The Morgan fingerprint density at radius 3 is 2.94 bits per heavy atom. The van der Waals surface area contributed by atoms with E-state index in [1.807, 2.05) is 6.26 Å². The van der Waals surface area contributed by atoms with Crippen LogP contribution in [0, 0.1) is 5.92 Å². The van der Waals surface area contributed by atoms with Gasteiger partial charge in [0.2, 0.25) is 17.8 Å². The zero-order chi connectivity index (χ0) is 12.4. The Bertz CT molecular complexity index is 466. The summed E-state index contributed by atoms with van der Waals surface area (Å²) in [4.78, 5) is 36.1. The molecule has 1 aliphatic rings. The monoisotopic (exact) mass is 253 g/mol. The molecule has 1 fully saturated rings. The van der Waals surface area contributed by atoms with Gasteiger partial charge in [0.15, 0.2) is 5.16 Å². The molecule has 2 N–H and O–H groups in total. The van der Waals surface area contributed by atoms with Gasteiger partial charge in [-0.05, 0) is 6.26 Å². The highest BCUT2D eigenvalue weighted by Crippen LogP contribution is 2.22. The minimum atomic E-state index is -0.472. The Labute approximate surface area is 102 Å². The van der Waals surface area contributed by atoms with Crippen LogP contribution in [0.3, 0.4) is 0 Å². The van der Waals surface area contributed by atoms with Gasteiger partial charge in [-0.25, -0.2) is 9.97 Å². The number of nitrogens with zero attached hydrogens (tertiary/aromatic N) is 4. The Kier molecular flexibility index (Phi) is 3.23. The van der Waals surface area contributed by atoms with E-state index in [-0.39, 0.29) is 24.8 Å². The van der Waals surface area contributed by atoms with Crippen molar-refractivity contribution >= 4 is 29.5 Å². The molecule has 17 heavy (non-hydrogen) atoms. The summed E-state index contributed by atoms with van der Waals surface area (Å²) in [7, 11) is 0. The Balaban J connectivity index is 2.22. The summed E-state index contributed by atoms with van der Waals surface area (Å²) in [5, 5.41) is 0.533. The van der Waals surface area contributed by atoms with Gasteiger partial charge in [-0.3, -0.25) is 14.5 Å². The largest absolute Gasteiger partial charge is 0.369 e. The van der Waals surface area contributed by atoms with Crippen molar-refractivity contribution in [3.05, 3.63) is 6.33 Å². The van der Waals surface area contributed by atoms with Gasteiger partial charge in [0, 0.05) is 13.0 Å². The normalized spacial score (nSPS) is 19.7. The van der Waals surface area contributed by atoms with Gasteiger partial charge >= 0.3 is 0 Å². The van der Waals surface area contributed by atoms with E-state index in [0.29, 0.717) is 5.16 Å². The van der Waals surface area contributed by atoms with Crippen LogP contribution in [0.2, 0.25) is 0 Å². The standard InChI is InChI=1S/C9H11N5O2S/c1-17-9-12-4-11-8(13-9)14-3-5(7(10)16)2-6(14)15/h4-5H,2-3H2,1H3,(H2,10,16). The molecule has 0 spiro atoms. The number of nitrogens with two attached hydrogens (primary N) is 1. The second kappa shape index (κ2) is 4.66. The smallest absolute Gasteiger partial charge is 0.236 e. The number of carbonyl (C=O) groups is 2. The lowest BCUT2D eigenvalue weighted by molar-refractivity contribution is -0.123. The number of hydrogen-bond acceptors (Lipinski definition) is 6. The zero-order valence-electron chi connectivity index (χ0n) is 9.16. The molecule has 1 aromatic rings. The van der Waals surface area contributed by atoms with Gasteiger partial charge < -0.3 is 5.73 Å². The number of primary amides is 1. The van der Waals surface area contributed by atoms with Crippen molar-refractivity contribution in [1.29, 1.82) is 0 Å². The first kappa shape index (κ1) is 11.8. The van der Waals surface area contributed by atoms with Crippen molar-refractivity contribution in [1.82, 2.24) is 15.0 Å². The molecule has 0 aliphatic carbocycles. The number of hydrogen-bond donors (Lipinski definition) is 1. The molecule has 90 valence electrons. The molecule has 2 heterocycles. The van der Waals surface area contributed by atoms with Gasteiger partial charge in [0.25, 0.3) is 0 Å². The summed E-state index contributed by atoms with van der Waals surface area (Å²) in [6.07, 6.45) is 3.30. The maximum Gasteiger partial charge on any atom is 0.236 e. The van der Waals surface area contributed by atoms with Crippen LogP contribution in [-0.4, -0.2) is 39.6 Å². The molecule has 1 aliphatic heterocycles. The molecule has 2 rings (SSSR count). The van der Waals surface area contributed by atoms with E-state index in [2.05, 4.69) is 15.0 Å². The van der Waals surface area contributed by atoms with Crippen LogP contribution in [0.15, 0.2) is 11.5 Å². The van der Waals surface area contributed by atoms with Crippen molar-refractivity contribution < 1.29 is 9.59 Å². The third-order valence-corrected chi connectivity index (χ3v) is 3.05. The van der Waals surface area contributed by atoms with Gasteiger partial charge in [0.1, 0.15) is 6.33 Å². The highest BCUT2D eigenvalue weighted by molar-refractivity contribution is 7.98. The first-order valence-electron chi connectivity index (χ1n) is 4.94. The lowest BCUT2D eigenvalue weighted by Crippen LogP contribution is -2.29. The predicted octanol–water partition coefficient (Wildman–Crippen LogP) is -0.568. The van der Waals surface area contributed by atoms with Crippen LogP contribution >= 0.6 is 11.8 Å². The van der Waals surface area contributed by atoms with Crippen LogP contribution < -0.4 is 10.6 Å². The minimum absolute atomic E-state index is 0.121.